The Balaban J connectivity index is 1.12. The van der Waals surface area contributed by atoms with Crippen LogP contribution in [0.15, 0.2) is 350 Å². The monoisotopic (exact) mass is 1370 g/mol. The first-order valence-corrected chi connectivity index (χ1v) is 31.2. The van der Waals surface area contributed by atoms with Crippen molar-refractivity contribution in [3.63, 3.8) is 0 Å². The quantitative estimate of drug-likeness (QED) is 0.126. The maximum Gasteiger partial charge on any atom is 0.252 e. The lowest BCUT2D eigenvalue weighted by molar-refractivity contribution is 1.22. The summed E-state index contributed by atoms with van der Waals surface area (Å²) in [7, 11) is 0. The van der Waals surface area contributed by atoms with Gasteiger partial charge in [-0.2, -0.15) is 0 Å². The fourth-order valence-electron chi connectivity index (χ4n) is 13.3. The fourth-order valence-corrected chi connectivity index (χ4v) is 15.2. The van der Waals surface area contributed by atoms with Crippen LogP contribution in [0.5, 0.6) is 0 Å². The number of fused-ring (bicyclic) bond motifs is 16. The summed E-state index contributed by atoms with van der Waals surface area (Å²) in [6, 6.07) is -79.9. The third kappa shape index (κ3) is 8.57. The van der Waals surface area contributed by atoms with Crippen LogP contribution in [0, 0.1) is 0 Å². The number of nitrogens with zero attached hydrogens (tertiary/aromatic N) is 6. The van der Waals surface area contributed by atoms with Crippen LogP contribution in [0.3, 0.4) is 0 Å². The van der Waals surface area contributed by atoms with Crippen LogP contribution in [-0.4, -0.2) is 13.4 Å². The van der Waals surface area contributed by atoms with Gasteiger partial charge in [0.15, 0.2) is 0 Å². The zero-order valence-corrected chi connectivity index (χ0v) is 51.3. The largest absolute Gasteiger partial charge is 0.311 e. The standard InChI is InChI=1S/C90H58B2N6S2/c1-9-29-59(30-10-1)93(60-31-11-2-12-32-60)67-53-77-87-79(55-67)97(65-41-21-7-22-42-65)89-71(49-51-83-85(89)69-45-25-27-47-81(69)99-83)91(87)73-57-74-76(58-75(73)95(77)63-37-17-5-18-38-63)96(64-39-19-6-20-40-64)78-54-68(94(61-33-13-3-14-34-61)62-35-15-4-16-36-62)56-80-88(78)92(74)72-50-52-84-86(70-46-26-28-48-82(70)100-84)90(72)98(80)66-43-23-8-24-44-66/h1-58H/i1D,2D,3D,4D,5D,6D,7D,8D,9D,10D,11D,12D,13D,14D,15D,16D,17D,18D,19D,20D,21D,22D,23D,24D,25D,26D,27D,28D,29D,30D,31D,32D,33D,34D,35D,36D,37D,38D,39D,40D,41D,42D,43D,44D,45D,46D,47D,48D,49D,50D,51D,52D,53D,54D,55D,56D,57D,58D. The molecule has 100 heavy (non-hydrogen) atoms. The highest BCUT2D eigenvalue weighted by Gasteiger charge is 2.50. The summed E-state index contributed by atoms with van der Waals surface area (Å²) in [4.78, 5) is 1.81. The number of hydrogen-bond acceptors (Lipinski definition) is 8. The molecule has 0 aliphatic carbocycles. The van der Waals surface area contributed by atoms with E-state index in [1.807, 2.05) is 0 Å². The van der Waals surface area contributed by atoms with Gasteiger partial charge in [-0.15, -0.1) is 22.7 Å². The molecule has 15 aromatic carbocycles. The maximum atomic E-state index is 12.4. The van der Waals surface area contributed by atoms with Crippen molar-refractivity contribution in [3.8, 4) is 0 Å². The summed E-state index contributed by atoms with van der Waals surface area (Å²) >= 11 is 0.623. The van der Waals surface area contributed by atoms with Gasteiger partial charge in [-0.3, -0.25) is 0 Å². The molecule has 0 spiro atoms. The molecule has 0 atom stereocenters. The molecule has 17 aromatic rings. The lowest BCUT2D eigenvalue weighted by atomic mass is 9.30. The van der Waals surface area contributed by atoms with Crippen molar-refractivity contribution >= 4 is 212 Å². The van der Waals surface area contributed by atoms with E-state index in [2.05, 4.69) is 0 Å². The molecule has 0 fully saturated rings. The van der Waals surface area contributed by atoms with Crippen LogP contribution < -0.4 is 62.2 Å². The van der Waals surface area contributed by atoms with Crippen LogP contribution in [-0.2, 0) is 0 Å². The topological polar surface area (TPSA) is 19.4 Å². The van der Waals surface area contributed by atoms with Gasteiger partial charge in [0.05, 0.1) is 102 Å². The van der Waals surface area contributed by atoms with Crippen molar-refractivity contribution in [1.29, 1.82) is 0 Å². The fraction of sp³-hybridized carbons (Fsp3) is 0. The lowest BCUT2D eigenvalue weighted by Gasteiger charge is -2.48. The third-order valence-electron chi connectivity index (χ3n) is 16.9. The first kappa shape index (κ1) is 24.0. The number of para-hydroxylation sites is 8. The van der Waals surface area contributed by atoms with Crippen LogP contribution in [0.2, 0.25) is 0 Å². The molecule has 0 unspecified atom stereocenters. The van der Waals surface area contributed by atoms with E-state index in [1.54, 1.807) is 0 Å². The Kier molecular flexibility index (Phi) is 5.43. The number of anilines is 18. The molecule has 0 N–H and O–H groups in total. The number of benzene rings is 15. The molecule has 10 heteroatoms. The first-order valence-electron chi connectivity index (χ1n) is 58.6. The van der Waals surface area contributed by atoms with Crippen LogP contribution in [0.1, 0.15) is 79.5 Å². The molecule has 4 aliphatic rings. The molecule has 0 amide bonds. The average molecular weight is 1370 g/mol. The second kappa shape index (κ2) is 22.6. The minimum Gasteiger partial charge on any atom is -0.311 e. The van der Waals surface area contributed by atoms with Crippen molar-refractivity contribution in [2.45, 2.75) is 0 Å². The highest BCUT2D eigenvalue weighted by atomic mass is 32.1. The summed E-state index contributed by atoms with van der Waals surface area (Å²) in [6.07, 6.45) is 0. The summed E-state index contributed by atoms with van der Waals surface area (Å²) in [5.41, 5.74) is -32.5. The van der Waals surface area contributed by atoms with Gasteiger partial charge in [0, 0.05) is 120 Å². The summed E-state index contributed by atoms with van der Waals surface area (Å²) in [5, 5.41) is -3.17. The molecule has 6 heterocycles. The normalized spacial score (nSPS) is 21.2. The van der Waals surface area contributed by atoms with Gasteiger partial charge in [-0.25, -0.2) is 0 Å². The van der Waals surface area contributed by atoms with E-state index in [1.165, 1.54) is 0 Å². The van der Waals surface area contributed by atoms with Gasteiger partial charge in [0.1, 0.15) is 0 Å². The third-order valence-corrected chi connectivity index (χ3v) is 19.0. The minimum atomic E-state index is -2.94. The van der Waals surface area contributed by atoms with Crippen molar-refractivity contribution in [2.75, 3.05) is 29.4 Å². The second-order valence-electron chi connectivity index (χ2n) is 21.9. The van der Waals surface area contributed by atoms with Crippen molar-refractivity contribution in [1.82, 2.24) is 0 Å². The van der Waals surface area contributed by atoms with E-state index < -0.39 is 539 Å². The molecule has 6 nitrogen and oxygen atoms in total. The maximum absolute atomic E-state index is 12.4. The number of hydrogen-bond donors (Lipinski definition) is 0. The smallest absolute Gasteiger partial charge is 0.252 e. The predicted molar refractivity (Wildman–Crippen MR) is 430 cm³/mol. The van der Waals surface area contributed by atoms with Crippen LogP contribution in [0.25, 0.3) is 40.3 Å². The van der Waals surface area contributed by atoms with E-state index in [0.29, 0.717) is 32.5 Å². The van der Waals surface area contributed by atoms with E-state index >= 15 is 0 Å². The molecule has 0 saturated heterocycles. The van der Waals surface area contributed by atoms with Crippen LogP contribution in [0.4, 0.5) is 102 Å². The zero-order chi connectivity index (χ0) is 116. The van der Waals surface area contributed by atoms with Gasteiger partial charge >= 0.3 is 0 Å². The second-order valence-corrected chi connectivity index (χ2v) is 23.9. The Morgan fingerprint density at radius 1 is 0.240 bits per heavy atom. The SMILES string of the molecule is [2H]c1c([2H])c([2H])c(N(c2c([2H])c([2H])c([2H])c([2H])c2[2H])c2c([2H])c3c4c(c2[2H])N(c2c([2H])c([2H])c([2H])c([2H])c2[2H])c2c(c([2H])c([2H])c5sc6c([2H])c([2H])c([2H])c([2H])c6c25)B4c2c([2H])c4c(c([2H])c2N3c2c([2H])c([2H])c([2H])c([2H])c2[2H])N(c2c([2H])c([2H])c([2H])c([2H])c2[2H])c2c([2H])c(N(c3c([2H])c([2H])c([2H])c([2H])c3[2H])c3c([2H])c([2H])c([2H])c([2H])c3[2H])c([2H])c3c2B4c2c([2H])c([2H])c4sc5c([2H])c([2H])c([2H])c([2H])c5c4c2N3c2c([2H])c([2H])c([2H])c([2H])c2[2H])c([2H])c1[2H]. The van der Waals surface area contributed by atoms with Crippen molar-refractivity contribution in [3.05, 3.63) is 350 Å². The molecule has 0 saturated carbocycles. The van der Waals surface area contributed by atoms with E-state index in [-0.39, 0.29) is 19.6 Å². The van der Waals surface area contributed by atoms with Gasteiger partial charge in [-0.1, -0.05) is 199 Å². The summed E-state index contributed by atoms with van der Waals surface area (Å²) < 4.78 is 577. The minimum absolute atomic E-state index is 0.133. The van der Waals surface area contributed by atoms with Gasteiger partial charge < -0.3 is 29.4 Å². The Morgan fingerprint density at radius 3 is 0.870 bits per heavy atom. The molecule has 0 bridgehead atoms. The zero-order valence-electron chi connectivity index (χ0n) is 108. The molecule has 0 radical (unpaired) electrons. The first-order chi connectivity index (χ1) is 73.8. The number of thiophene rings is 2. The predicted octanol–water partition coefficient (Wildman–Crippen LogP) is 21.5. The van der Waals surface area contributed by atoms with Crippen molar-refractivity contribution in [2.24, 2.45) is 0 Å². The van der Waals surface area contributed by atoms with Gasteiger partial charge in [0.2, 0.25) is 0 Å². The number of rotatable bonds is 10. The lowest BCUT2D eigenvalue weighted by Crippen LogP contribution is -2.65. The Morgan fingerprint density at radius 2 is 0.530 bits per heavy atom. The highest BCUT2D eigenvalue weighted by Crippen LogP contribution is 2.55. The van der Waals surface area contributed by atoms with Crippen molar-refractivity contribution < 1.29 is 79.5 Å². The van der Waals surface area contributed by atoms with Crippen LogP contribution >= 0.6 is 22.7 Å². The summed E-state index contributed by atoms with van der Waals surface area (Å²) in [6.45, 7) is -5.88. The molecule has 21 rings (SSSR count). The molecular weight excluding hydrogens is 1250 g/mol. The molecule has 2 aromatic heterocycles. The van der Waals surface area contributed by atoms with E-state index in [0.717, 1.165) is 0 Å². The van der Waals surface area contributed by atoms with E-state index in [9.17, 15) is 71.3 Å². The molecule has 4 aliphatic heterocycles. The molecule has 466 valence electrons. The Labute approximate surface area is 670 Å². The summed E-state index contributed by atoms with van der Waals surface area (Å²) in [5.74, 6) is 0. The van der Waals surface area contributed by atoms with Gasteiger partial charge in [0.25, 0.3) is 13.4 Å². The highest BCUT2D eigenvalue weighted by molar-refractivity contribution is 7.26. The molecular formula is C90H58B2N6S2. The Bertz CT molecular complexity index is 8910. The Hall–Kier alpha value is -12.3. The average Bonchev–Trinajstić information content (AvgIpc) is 0.856. The van der Waals surface area contributed by atoms with Gasteiger partial charge in [-0.05, 0) is 184 Å². The van der Waals surface area contributed by atoms with E-state index in [4.69, 9.17) is 8.22 Å².